The highest BCUT2D eigenvalue weighted by Crippen LogP contribution is 2.21. The summed E-state index contributed by atoms with van der Waals surface area (Å²) in [5.74, 6) is -1.89. The summed E-state index contributed by atoms with van der Waals surface area (Å²) >= 11 is 0. The fourth-order valence-corrected chi connectivity index (χ4v) is 1.36. The summed E-state index contributed by atoms with van der Waals surface area (Å²) < 4.78 is 65.4. The van der Waals surface area contributed by atoms with Crippen molar-refractivity contribution < 1.29 is 40.8 Å². The molecule has 0 unspecified atom stereocenters. The lowest BCUT2D eigenvalue weighted by Crippen LogP contribution is -2.34. The molecule has 0 spiro atoms. The number of rotatable bonds is 6. The largest absolute Gasteiger partial charge is 0.743 e. The lowest BCUT2D eigenvalue weighted by Gasteiger charge is -2.19. The van der Waals surface area contributed by atoms with E-state index >= 15 is 0 Å². The van der Waals surface area contributed by atoms with E-state index in [1.54, 1.807) is 0 Å². The zero-order valence-corrected chi connectivity index (χ0v) is 12.6. The molecule has 0 saturated heterocycles. The second-order valence-electron chi connectivity index (χ2n) is 4.36. The summed E-state index contributed by atoms with van der Waals surface area (Å²) in [7, 11) is -5.93. The summed E-state index contributed by atoms with van der Waals surface area (Å²) in [6.07, 6.45) is 0. The Labute approximate surface area is 130 Å². The molecule has 0 radical (unpaired) electrons. The minimum atomic E-state index is -5.93. The topological polar surface area (TPSA) is 110 Å². The molecular formula is C13H11F2O7S-. The van der Waals surface area contributed by atoms with E-state index in [2.05, 4.69) is 11.3 Å². The van der Waals surface area contributed by atoms with Crippen molar-refractivity contribution in [3.8, 4) is 5.75 Å². The first-order valence-electron chi connectivity index (χ1n) is 5.92. The first-order valence-corrected chi connectivity index (χ1v) is 7.33. The van der Waals surface area contributed by atoms with Crippen molar-refractivity contribution in [2.75, 3.05) is 6.61 Å². The third kappa shape index (κ3) is 5.11. The van der Waals surface area contributed by atoms with Gasteiger partial charge in [-0.15, -0.1) is 0 Å². The molecule has 0 aliphatic carbocycles. The smallest absolute Gasteiger partial charge is 0.367 e. The second kappa shape index (κ2) is 6.84. The zero-order valence-electron chi connectivity index (χ0n) is 11.7. The van der Waals surface area contributed by atoms with Crippen molar-refractivity contribution in [3.05, 3.63) is 42.0 Å². The summed E-state index contributed by atoms with van der Waals surface area (Å²) in [4.78, 5) is 22.7. The summed E-state index contributed by atoms with van der Waals surface area (Å²) in [5.41, 5.74) is -0.0613. The van der Waals surface area contributed by atoms with Crippen molar-refractivity contribution in [3.63, 3.8) is 0 Å². The molecule has 126 valence electrons. The normalized spacial score (nSPS) is 11.7. The molecule has 0 bridgehead atoms. The van der Waals surface area contributed by atoms with Crippen LogP contribution in [0.1, 0.15) is 17.3 Å². The number of carbonyl (C=O) groups is 2. The predicted octanol–water partition coefficient (Wildman–Crippen LogP) is 1.46. The highest BCUT2D eigenvalue weighted by atomic mass is 32.2. The lowest BCUT2D eigenvalue weighted by atomic mass is 10.2. The zero-order chi connectivity index (χ0) is 17.8. The highest BCUT2D eigenvalue weighted by molar-refractivity contribution is 7.86. The van der Waals surface area contributed by atoms with Crippen LogP contribution in [0.3, 0.4) is 0 Å². The second-order valence-corrected chi connectivity index (χ2v) is 5.87. The number of benzene rings is 1. The van der Waals surface area contributed by atoms with Gasteiger partial charge >= 0.3 is 17.2 Å². The number of carbonyl (C=O) groups excluding carboxylic acids is 2. The van der Waals surface area contributed by atoms with Crippen molar-refractivity contribution in [1.29, 1.82) is 0 Å². The number of hydrogen-bond acceptors (Lipinski definition) is 7. The number of ether oxygens (including phenoxy) is 2. The molecule has 1 aromatic rings. The average molecular weight is 349 g/mol. The molecule has 0 aliphatic rings. The van der Waals surface area contributed by atoms with Gasteiger partial charge in [-0.25, -0.2) is 18.0 Å². The van der Waals surface area contributed by atoms with Crippen molar-refractivity contribution in [1.82, 2.24) is 0 Å². The quantitative estimate of drug-likeness (QED) is 0.331. The van der Waals surface area contributed by atoms with E-state index in [1.807, 2.05) is 0 Å². The predicted molar refractivity (Wildman–Crippen MR) is 71.8 cm³/mol. The van der Waals surface area contributed by atoms with Gasteiger partial charge in [0, 0.05) is 5.57 Å². The van der Waals surface area contributed by atoms with E-state index in [0.717, 1.165) is 12.1 Å². The molecule has 7 nitrogen and oxygen atoms in total. The van der Waals surface area contributed by atoms with Gasteiger partial charge in [0.25, 0.3) is 0 Å². The van der Waals surface area contributed by atoms with Gasteiger partial charge in [-0.05, 0) is 31.2 Å². The molecule has 1 aromatic carbocycles. The first-order chi connectivity index (χ1) is 10.4. The Kier molecular flexibility index (Phi) is 5.56. The van der Waals surface area contributed by atoms with Gasteiger partial charge in [0.2, 0.25) is 0 Å². The molecule has 0 N–H and O–H groups in total. The van der Waals surface area contributed by atoms with Crippen LogP contribution in [0.25, 0.3) is 0 Å². The number of hydrogen-bond donors (Lipinski definition) is 0. The standard InChI is InChI=1S/C13H12F2O7S/c1-8(2)11(16)22-10-5-3-9(4-6-10)12(17)21-7-13(14,15)23(18,19)20/h3-6H,1,7H2,2H3,(H,18,19,20)/p-1. The Bertz CT molecular complexity index is 723. The fraction of sp³-hybridized carbons (Fsp3) is 0.231. The minimum absolute atomic E-state index is 0.0713. The van der Waals surface area contributed by atoms with Crippen molar-refractivity contribution >= 4 is 22.1 Å². The Morgan fingerprint density at radius 3 is 2.22 bits per heavy atom. The molecule has 0 aromatic heterocycles. The molecule has 1 rings (SSSR count). The van der Waals surface area contributed by atoms with Gasteiger partial charge < -0.3 is 14.0 Å². The number of halogens is 2. The Hall–Kier alpha value is -2.33. The molecular weight excluding hydrogens is 338 g/mol. The van der Waals surface area contributed by atoms with Crippen LogP contribution in [0, 0.1) is 0 Å². The van der Waals surface area contributed by atoms with Crippen LogP contribution in [0.4, 0.5) is 8.78 Å². The maximum absolute atomic E-state index is 12.8. The van der Waals surface area contributed by atoms with Gasteiger partial charge in [0.05, 0.1) is 5.56 Å². The van der Waals surface area contributed by atoms with Gasteiger partial charge in [-0.2, -0.15) is 8.78 Å². The van der Waals surface area contributed by atoms with Crippen LogP contribution in [-0.2, 0) is 19.6 Å². The van der Waals surface area contributed by atoms with E-state index in [1.165, 1.54) is 19.1 Å². The molecule has 0 heterocycles. The molecule has 0 aliphatic heterocycles. The van der Waals surface area contributed by atoms with Crippen LogP contribution < -0.4 is 4.74 Å². The first kappa shape index (κ1) is 18.7. The van der Waals surface area contributed by atoms with Gasteiger partial charge in [0.1, 0.15) is 5.75 Å². The van der Waals surface area contributed by atoms with E-state index in [0.29, 0.717) is 0 Å². The molecule has 0 atom stereocenters. The Balaban J connectivity index is 2.72. The molecule has 0 fully saturated rings. The lowest BCUT2D eigenvalue weighted by molar-refractivity contribution is -0.130. The Morgan fingerprint density at radius 1 is 1.26 bits per heavy atom. The molecule has 0 amide bonds. The summed E-state index contributed by atoms with van der Waals surface area (Å²) in [5, 5.41) is -4.72. The van der Waals surface area contributed by atoms with Crippen LogP contribution in [0.15, 0.2) is 36.4 Å². The summed E-state index contributed by atoms with van der Waals surface area (Å²) in [6.45, 7) is 2.90. The average Bonchev–Trinajstić information content (AvgIpc) is 2.44. The molecule has 0 saturated carbocycles. The van der Waals surface area contributed by atoms with E-state index in [-0.39, 0.29) is 16.9 Å². The fourth-order valence-electron chi connectivity index (χ4n) is 1.16. The van der Waals surface area contributed by atoms with E-state index in [9.17, 15) is 31.3 Å². The van der Waals surface area contributed by atoms with Crippen LogP contribution >= 0.6 is 0 Å². The third-order valence-electron chi connectivity index (χ3n) is 2.39. The third-order valence-corrected chi connectivity index (χ3v) is 3.24. The highest BCUT2D eigenvalue weighted by Gasteiger charge is 2.39. The van der Waals surface area contributed by atoms with Crippen LogP contribution in [-0.4, -0.2) is 36.8 Å². The molecule has 10 heteroatoms. The van der Waals surface area contributed by atoms with Crippen molar-refractivity contribution in [2.45, 2.75) is 12.2 Å². The monoisotopic (exact) mass is 349 g/mol. The minimum Gasteiger partial charge on any atom is -0.743 e. The number of esters is 2. The van der Waals surface area contributed by atoms with Crippen LogP contribution in [0.2, 0.25) is 0 Å². The van der Waals surface area contributed by atoms with Gasteiger partial charge in [0.15, 0.2) is 16.7 Å². The SMILES string of the molecule is C=C(C)C(=O)Oc1ccc(C(=O)OCC(F)(F)S(=O)(=O)[O-])cc1. The van der Waals surface area contributed by atoms with Gasteiger partial charge in [-0.3, -0.25) is 0 Å². The maximum Gasteiger partial charge on any atom is 0.367 e. The van der Waals surface area contributed by atoms with Crippen LogP contribution in [0.5, 0.6) is 5.75 Å². The number of alkyl halides is 2. The maximum atomic E-state index is 12.8. The summed E-state index contributed by atoms with van der Waals surface area (Å²) in [6, 6.07) is 4.60. The van der Waals surface area contributed by atoms with Gasteiger partial charge in [-0.1, -0.05) is 6.58 Å². The van der Waals surface area contributed by atoms with E-state index in [4.69, 9.17) is 4.74 Å². The van der Waals surface area contributed by atoms with Crippen molar-refractivity contribution in [2.24, 2.45) is 0 Å². The molecule has 23 heavy (non-hydrogen) atoms. The Morgan fingerprint density at radius 2 is 1.78 bits per heavy atom. The van der Waals surface area contributed by atoms with E-state index < -0.39 is 33.9 Å².